The zero-order valence-electron chi connectivity index (χ0n) is 8.19. The molecule has 7 heteroatoms. The Balaban J connectivity index is 3.23. The van der Waals surface area contributed by atoms with Crippen molar-refractivity contribution in [3.63, 3.8) is 0 Å². The predicted octanol–water partition coefficient (Wildman–Crippen LogP) is 2.35. The third kappa shape index (κ3) is 2.64. The van der Waals surface area contributed by atoms with E-state index in [2.05, 4.69) is 31.9 Å². The summed E-state index contributed by atoms with van der Waals surface area (Å²) in [4.78, 5) is 0. The van der Waals surface area contributed by atoms with Gasteiger partial charge >= 0.3 is 0 Å². The van der Waals surface area contributed by atoms with Crippen LogP contribution in [-0.4, -0.2) is 22.3 Å². The molecule has 0 saturated heterocycles. The minimum atomic E-state index is -3.65. The molecule has 1 rings (SSSR count). The largest absolute Gasteiger partial charge is 0.385 e. The highest BCUT2D eigenvalue weighted by atomic mass is 79.9. The first kappa shape index (κ1) is 14.1. The monoisotopic (exact) mass is 374 g/mol. The van der Waals surface area contributed by atoms with Crippen LogP contribution in [0.2, 0.25) is 0 Å². The molecule has 0 aliphatic heterocycles. The third-order valence-corrected chi connectivity index (χ3v) is 7.62. The van der Waals surface area contributed by atoms with Gasteiger partial charge in [0.15, 0.2) is 9.84 Å². The normalized spacial score (nSPS) is 14.8. The molecule has 3 nitrogen and oxygen atoms in total. The van der Waals surface area contributed by atoms with E-state index in [1.54, 1.807) is 0 Å². The zero-order valence-corrected chi connectivity index (χ0v) is 12.2. The van der Waals surface area contributed by atoms with Crippen LogP contribution in [0.25, 0.3) is 0 Å². The molecule has 0 aliphatic carbocycles. The van der Waals surface area contributed by atoms with Crippen molar-refractivity contribution in [2.24, 2.45) is 0 Å². The van der Waals surface area contributed by atoms with Crippen LogP contribution in [0.1, 0.15) is 11.7 Å². The SMILES string of the molecule is CS(=O)(=O)C(Br)(Br)[C@H](O)c1ccccc1F. The average molecular weight is 376 g/mol. The van der Waals surface area contributed by atoms with Crippen LogP contribution in [0.3, 0.4) is 0 Å². The number of sulfone groups is 1. The van der Waals surface area contributed by atoms with Crippen LogP contribution >= 0.6 is 31.9 Å². The maximum absolute atomic E-state index is 13.4. The molecule has 0 amide bonds. The van der Waals surface area contributed by atoms with Crippen LogP contribution in [0.15, 0.2) is 24.3 Å². The second kappa shape index (κ2) is 4.72. The van der Waals surface area contributed by atoms with Gasteiger partial charge in [-0.25, -0.2) is 12.8 Å². The Labute approximate surface area is 110 Å². The highest BCUT2D eigenvalue weighted by Crippen LogP contribution is 2.44. The Kier molecular flexibility index (Phi) is 4.15. The molecule has 0 aromatic heterocycles. The molecule has 0 spiro atoms. The Morgan fingerprint density at radius 2 is 1.88 bits per heavy atom. The summed E-state index contributed by atoms with van der Waals surface area (Å²) in [7, 11) is -3.65. The van der Waals surface area contributed by atoms with Crippen molar-refractivity contribution in [2.45, 2.75) is 8.67 Å². The summed E-state index contributed by atoms with van der Waals surface area (Å²) < 4.78 is 34.4. The minimum absolute atomic E-state index is 0.0957. The van der Waals surface area contributed by atoms with Crippen molar-refractivity contribution < 1.29 is 17.9 Å². The number of hydrogen-bond acceptors (Lipinski definition) is 3. The predicted molar refractivity (Wildman–Crippen MR) is 66.8 cm³/mol. The van der Waals surface area contributed by atoms with E-state index in [9.17, 15) is 17.9 Å². The number of halogens is 3. The van der Waals surface area contributed by atoms with Gasteiger partial charge in [0, 0.05) is 11.8 Å². The summed E-state index contributed by atoms with van der Waals surface area (Å²) in [6.45, 7) is 0. The Morgan fingerprint density at radius 1 is 1.38 bits per heavy atom. The van der Waals surface area contributed by atoms with E-state index in [0.717, 1.165) is 12.3 Å². The number of benzene rings is 1. The van der Waals surface area contributed by atoms with Crippen molar-refractivity contribution in [1.29, 1.82) is 0 Å². The fraction of sp³-hybridized carbons (Fsp3) is 0.333. The van der Waals surface area contributed by atoms with E-state index in [0.29, 0.717) is 0 Å². The van der Waals surface area contributed by atoms with Gasteiger partial charge in [-0.3, -0.25) is 0 Å². The van der Waals surface area contributed by atoms with E-state index in [-0.39, 0.29) is 5.56 Å². The Bertz CT molecular complexity index is 487. The van der Waals surface area contributed by atoms with Crippen LogP contribution in [0.5, 0.6) is 0 Å². The van der Waals surface area contributed by atoms with Crippen molar-refractivity contribution in [3.05, 3.63) is 35.6 Å². The average Bonchev–Trinajstić information content (AvgIpc) is 2.15. The van der Waals surface area contributed by atoms with E-state index in [1.807, 2.05) is 0 Å². The molecule has 0 saturated carbocycles. The van der Waals surface area contributed by atoms with Gasteiger partial charge in [-0.05, 0) is 6.07 Å². The fourth-order valence-electron chi connectivity index (χ4n) is 1.08. The van der Waals surface area contributed by atoms with Crippen molar-refractivity contribution >= 4 is 41.7 Å². The van der Waals surface area contributed by atoms with E-state index >= 15 is 0 Å². The number of alkyl halides is 2. The second-order valence-electron chi connectivity index (χ2n) is 3.26. The molecule has 90 valence electrons. The lowest BCUT2D eigenvalue weighted by Gasteiger charge is -2.25. The molecule has 0 bridgehead atoms. The summed E-state index contributed by atoms with van der Waals surface area (Å²) in [6, 6.07) is 5.44. The lowest BCUT2D eigenvalue weighted by Crippen LogP contribution is -2.32. The van der Waals surface area contributed by atoms with Crippen molar-refractivity contribution in [3.8, 4) is 0 Å². The van der Waals surface area contributed by atoms with E-state index in [1.165, 1.54) is 18.2 Å². The second-order valence-corrected chi connectivity index (χ2v) is 10.1. The van der Waals surface area contributed by atoms with Crippen LogP contribution in [0.4, 0.5) is 4.39 Å². The number of aliphatic hydroxyl groups is 1. The van der Waals surface area contributed by atoms with Gasteiger partial charge in [0.25, 0.3) is 0 Å². The number of hydrogen-bond donors (Lipinski definition) is 1. The van der Waals surface area contributed by atoms with Crippen LogP contribution < -0.4 is 0 Å². The molecule has 0 aliphatic rings. The zero-order chi connectivity index (χ0) is 12.6. The van der Waals surface area contributed by atoms with E-state index in [4.69, 9.17) is 0 Å². The van der Waals surface area contributed by atoms with Crippen molar-refractivity contribution in [2.75, 3.05) is 6.26 Å². The smallest absolute Gasteiger partial charge is 0.210 e. The molecule has 0 unspecified atom stereocenters. The summed E-state index contributed by atoms with van der Waals surface area (Å²) in [5.41, 5.74) is -0.0957. The molecular weight excluding hydrogens is 367 g/mol. The fourth-order valence-corrected chi connectivity index (χ4v) is 2.11. The van der Waals surface area contributed by atoms with Crippen LogP contribution in [-0.2, 0) is 9.84 Å². The van der Waals surface area contributed by atoms with Gasteiger partial charge < -0.3 is 5.11 Å². The van der Waals surface area contributed by atoms with Crippen LogP contribution in [0, 0.1) is 5.82 Å². The number of aliphatic hydroxyl groups excluding tert-OH is 1. The Hall–Kier alpha value is 0.0200. The third-order valence-electron chi connectivity index (χ3n) is 2.01. The molecule has 16 heavy (non-hydrogen) atoms. The standard InChI is InChI=1S/C9H9Br2FO3S/c1-16(14,15)9(10,11)8(13)6-4-2-3-5-7(6)12/h2-5,8,13H,1H3/t8-/m1/s1. The molecule has 1 aromatic rings. The highest BCUT2D eigenvalue weighted by molar-refractivity contribution is 9.27. The molecule has 0 fully saturated rings. The van der Waals surface area contributed by atoms with Gasteiger partial charge in [-0.15, -0.1) is 0 Å². The summed E-state index contributed by atoms with van der Waals surface area (Å²) in [5, 5.41) is 9.85. The van der Waals surface area contributed by atoms with Gasteiger partial charge in [0.05, 0.1) is 0 Å². The summed E-state index contributed by atoms with van der Waals surface area (Å²) in [6.07, 6.45) is -0.621. The first-order valence-corrected chi connectivity index (χ1v) is 7.65. The lowest BCUT2D eigenvalue weighted by atomic mass is 10.1. The quantitative estimate of drug-likeness (QED) is 0.825. The lowest BCUT2D eigenvalue weighted by molar-refractivity contribution is 0.184. The maximum Gasteiger partial charge on any atom is 0.210 e. The minimum Gasteiger partial charge on any atom is -0.385 e. The molecule has 1 aromatic carbocycles. The molecule has 0 heterocycles. The first-order chi connectivity index (χ1) is 7.18. The molecule has 0 radical (unpaired) electrons. The summed E-state index contributed by atoms with van der Waals surface area (Å²) in [5.74, 6) is -0.665. The van der Waals surface area contributed by atoms with E-state index < -0.39 is 24.3 Å². The van der Waals surface area contributed by atoms with Gasteiger partial charge in [-0.2, -0.15) is 0 Å². The van der Waals surface area contributed by atoms with Gasteiger partial charge in [0.1, 0.15) is 11.9 Å². The molecule has 1 N–H and O–H groups in total. The number of rotatable bonds is 3. The van der Waals surface area contributed by atoms with Crippen molar-refractivity contribution in [1.82, 2.24) is 0 Å². The Morgan fingerprint density at radius 3 is 2.31 bits per heavy atom. The summed E-state index contributed by atoms with van der Waals surface area (Å²) >= 11 is 5.70. The highest BCUT2D eigenvalue weighted by Gasteiger charge is 2.44. The molecular formula is C9H9Br2FO3S. The molecule has 1 atom stereocenters. The van der Waals surface area contributed by atoms with Gasteiger partial charge in [0.2, 0.25) is 2.57 Å². The first-order valence-electron chi connectivity index (χ1n) is 4.18. The maximum atomic E-state index is 13.4. The topological polar surface area (TPSA) is 54.4 Å². The van der Waals surface area contributed by atoms with Gasteiger partial charge in [-0.1, -0.05) is 50.1 Å².